The Hall–Kier alpha value is -1.88. The van der Waals surface area contributed by atoms with Crippen molar-refractivity contribution in [1.29, 1.82) is 0 Å². The maximum atomic E-state index is 12.5. The summed E-state index contributed by atoms with van der Waals surface area (Å²) in [7, 11) is 0. The first kappa shape index (κ1) is 15.2. The number of amides is 2. The quantitative estimate of drug-likeness (QED) is 0.814. The topological polar surface area (TPSA) is 89.4 Å². The van der Waals surface area contributed by atoms with Gasteiger partial charge in [-0.05, 0) is 26.3 Å². The number of hydrogen-bond acceptors (Lipinski definition) is 3. The van der Waals surface area contributed by atoms with Crippen LogP contribution < -0.4 is 11.5 Å². The highest BCUT2D eigenvalue weighted by atomic mass is 16.2. The number of rotatable bonds is 5. The normalized spacial score (nSPS) is 13.9. The number of nitrogens with zero attached hydrogens (tertiary/aromatic N) is 1. The molecule has 1 rings (SSSR count). The van der Waals surface area contributed by atoms with Crippen molar-refractivity contribution in [3.05, 3.63) is 35.9 Å². The molecule has 1 aromatic carbocycles. The summed E-state index contributed by atoms with van der Waals surface area (Å²) < 4.78 is 0. The van der Waals surface area contributed by atoms with Gasteiger partial charge in [0.25, 0.3) is 0 Å². The van der Waals surface area contributed by atoms with Gasteiger partial charge in [0, 0.05) is 6.04 Å². The molecule has 0 fully saturated rings. The van der Waals surface area contributed by atoms with Crippen molar-refractivity contribution in [2.24, 2.45) is 11.5 Å². The molecule has 1 unspecified atom stereocenters. The molecule has 1 atom stereocenters. The Balaban J connectivity index is 3.05. The van der Waals surface area contributed by atoms with Crippen LogP contribution in [0.25, 0.3) is 0 Å². The average Bonchev–Trinajstić information content (AvgIpc) is 2.35. The number of primary amides is 1. The van der Waals surface area contributed by atoms with Crippen LogP contribution in [0.4, 0.5) is 0 Å². The van der Waals surface area contributed by atoms with Crippen molar-refractivity contribution in [3.63, 3.8) is 0 Å². The monoisotopic (exact) mass is 263 g/mol. The highest BCUT2D eigenvalue weighted by molar-refractivity contribution is 5.90. The lowest BCUT2D eigenvalue weighted by Gasteiger charge is -2.34. The molecule has 0 aliphatic carbocycles. The van der Waals surface area contributed by atoms with E-state index in [0.717, 1.165) is 0 Å². The van der Waals surface area contributed by atoms with Crippen LogP contribution in [0.2, 0.25) is 0 Å². The van der Waals surface area contributed by atoms with E-state index in [4.69, 9.17) is 11.5 Å². The van der Waals surface area contributed by atoms with Crippen LogP contribution >= 0.6 is 0 Å². The van der Waals surface area contributed by atoms with Gasteiger partial charge in [-0.15, -0.1) is 0 Å². The molecule has 2 amide bonds. The van der Waals surface area contributed by atoms with Gasteiger partial charge >= 0.3 is 0 Å². The molecule has 0 saturated heterocycles. The Morgan fingerprint density at radius 3 is 2.21 bits per heavy atom. The molecule has 5 nitrogen and oxygen atoms in total. The van der Waals surface area contributed by atoms with Gasteiger partial charge in [0.05, 0.1) is 6.54 Å². The Morgan fingerprint density at radius 2 is 1.79 bits per heavy atom. The van der Waals surface area contributed by atoms with E-state index in [2.05, 4.69) is 0 Å². The zero-order chi connectivity index (χ0) is 14.6. The van der Waals surface area contributed by atoms with E-state index >= 15 is 0 Å². The second-order valence-electron chi connectivity index (χ2n) is 5.06. The van der Waals surface area contributed by atoms with Crippen molar-refractivity contribution in [2.45, 2.75) is 32.4 Å². The molecule has 0 heterocycles. The SMILES string of the molecule is CC(C)N(CC(N)=O)C(=O)C(C)(N)c1ccccc1. The van der Waals surface area contributed by atoms with Gasteiger partial charge in [0.1, 0.15) is 5.54 Å². The van der Waals surface area contributed by atoms with Crippen molar-refractivity contribution >= 4 is 11.8 Å². The highest BCUT2D eigenvalue weighted by Gasteiger charge is 2.35. The third-order valence-electron chi connectivity index (χ3n) is 3.03. The van der Waals surface area contributed by atoms with E-state index in [1.807, 2.05) is 32.0 Å². The van der Waals surface area contributed by atoms with Crippen molar-refractivity contribution in [1.82, 2.24) is 4.90 Å². The molecular formula is C14H21N3O2. The summed E-state index contributed by atoms with van der Waals surface area (Å²) >= 11 is 0. The second-order valence-corrected chi connectivity index (χ2v) is 5.06. The van der Waals surface area contributed by atoms with Crippen molar-refractivity contribution < 1.29 is 9.59 Å². The first-order chi connectivity index (χ1) is 8.76. The molecule has 0 radical (unpaired) electrons. The van der Waals surface area contributed by atoms with Crippen molar-refractivity contribution in [3.8, 4) is 0 Å². The standard InChI is InChI=1S/C14H21N3O2/c1-10(2)17(9-12(15)18)13(19)14(3,16)11-7-5-4-6-8-11/h4-8,10H,9,16H2,1-3H3,(H2,15,18). The van der Waals surface area contributed by atoms with Gasteiger partial charge in [-0.2, -0.15) is 0 Å². The van der Waals surface area contributed by atoms with E-state index in [-0.39, 0.29) is 18.5 Å². The van der Waals surface area contributed by atoms with Crippen LogP contribution in [0.15, 0.2) is 30.3 Å². The summed E-state index contributed by atoms with van der Waals surface area (Å²) in [5, 5.41) is 0. The third kappa shape index (κ3) is 3.54. The third-order valence-corrected chi connectivity index (χ3v) is 3.03. The van der Waals surface area contributed by atoms with E-state index < -0.39 is 11.4 Å². The molecule has 1 aromatic rings. The van der Waals surface area contributed by atoms with E-state index in [1.54, 1.807) is 19.1 Å². The van der Waals surface area contributed by atoms with Crippen LogP contribution in [0.1, 0.15) is 26.3 Å². The molecule has 104 valence electrons. The first-order valence-corrected chi connectivity index (χ1v) is 6.20. The van der Waals surface area contributed by atoms with Gasteiger partial charge in [-0.1, -0.05) is 30.3 Å². The van der Waals surface area contributed by atoms with E-state index in [0.29, 0.717) is 5.56 Å². The molecular weight excluding hydrogens is 242 g/mol. The Morgan fingerprint density at radius 1 is 1.26 bits per heavy atom. The maximum absolute atomic E-state index is 12.5. The van der Waals surface area contributed by atoms with Gasteiger partial charge < -0.3 is 16.4 Å². The minimum absolute atomic E-state index is 0.129. The second kappa shape index (κ2) is 5.84. The Labute approximate surface area is 113 Å². The Bertz CT molecular complexity index is 455. The smallest absolute Gasteiger partial charge is 0.247 e. The van der Waals surface area contributed by atoms with Crippen LogP contribution in [0.3, 0.4) is 0 Å². The zero-order valence-corrected chi connectivity index (χ0v) is 11.6. The molecule has 5 heteroatoms. The fraction of sp³-hybridized carbons (Fsp3) is 0.429. The molecule has 0 aliphatic heterocycles. The molecule has 0 saturated carbocycles. The minimum Gasteiger partial charge on any atom is -0.368 e. The fourth-order valence-electron chi connectivity index (χ4n) is 1.86. The first-order valence-electron chi connectivity index (χ1n) is 6.20. The van der Waals surface area contributed by atoms with Crippen LogP contribution in [0.5, 0.6) is 0 Å². The zero-order valence-electron chi connectivity index (χ0n) is 11.6. The van der Waals surface area contributed by atoms with Gasteiger partial charge in [0.2, 0.25) is 11.8 Å². The summed E-state index contributed by atoms with van der Waals surface area (Å²) in [6, 6.07) is 8.93. The summed E-state index contributed by atoms with van der Waals surface area (Å²) in [6.45, 7) is 5.15. The van der Waals surface area contributed by atoms with Gasteiger partial charge in [-0.3, -0.25) is 9.59 Å². The van der Waals surface area contributed by atoms with Crippen LogP contribution in [0, 0.1) is 0 Å². The molecule has 0 aromatic heterocycles. The summed E-state index contributed by atoms with van der Waals surface area (Å²) in [4.78, 5) is 25.0. The van der Waals surface area contributed by atoms with E-state index in [9.17, 15) is 9.59 Å². The Kier molecular flexibility index (Phi) is 4.67. The predicted molar refractivity (Wildman–Crippen MR) is 74.0 cm³/mol. The molecule has 4 N–H and O–H groups in total. The number of carbonyl (C=O) groups is 2. The lowest BCUT2D eigenvalue weighted by Crippen LogP contribution is -2.55. The molecule has 0 spiro atoms. The lowest BCUT2D eigenvalue weighted by atomic mass is 9.91. The van der Waals surface area contributed by atoms with Crippen LogP contribution in [-0.4, -0.2) is 29.3 Å². The molecule has 0 aliphatic rings. The number of benzene rings is 1. The molecule has 19 heavy (non-hydrogen) atoms. The predicted octanol–water partition coefficient (Wildman–Crippen LogP) is 0.583. The fourth-order valence-corrected chi connectivity index (χ4v) is 1.86. The average molecular weight is 263 g/mol. The number of carbonyl (C=O) groups excluding carboxylic acids is 2. The number of hydrogen-bond donors (Lipinski definition) is 2. The maximum Gasteiger partial charge on any atom is 0.247 e. The van der Waals surface area contributed by atoms with Crippen molar-refractivity contribution in [2.75, 3.05) is 6.54 Å². The number of nitrogens with two attached hydrogens (primary N) is 2. The summed E-state index contributed by atoms with van der Waals surface area (Å²) in [5.41, 5.74) is 10.9. The van der Waals surface area contributed by atoms with Gasteiger partial charge in [0.15, 0.2) is 0 Å². The summed E-state index contributed by atoms with van der Waals surface area (Å²) in [6.07, 6.45) is 0. The minimum atomic E-state index is -1.18. The highest BCUT2D eigenvalue weighted by Crippen LogP contribution is 2.21. The largest absolute Gasteiger partial charge is 0.368 e. The summed E-state index contributed by atoms with van der Waals surface area (Å²) in [5.74, 6) is -0.863. The van der Waals surface area contributed by atoms with Crippen LogP contribution in [-0.2, 0) is 15.1 Å². The lowest BCUT2D eigenvalue weighted by molar-refractivity contribution is -0.141. The van der Waals surface area contributed by atoms with E-state index in [1.165, 1.54) is 4.90 Å². The van der Waals surface area contributed by atoms with Gasteiger partial charge in [-0.25, -0.2) is 0 Å². The molecule has 0 bridgehead atoms.